The highest BCUT2D eigenvalue weighted by Crippen LogP contribution is 2.40. The summed E-state index contributed by atoms with van der Waals surface area (Å²) >= 11 is 0. The molecule has 0 aliphatic carbocycles. The number of carbonyl (C=O) groups excluding carboxylic acids is 1. The highest BCUT2D eigenvalue weighted by atomic mass is 32.2. The minimum atomic E-state index is -3.61. The van der Waals surface area contributed by atoms with Crippen molar-refractivity contribution in [2.75, 3.05) is 57.6 Å². The number of hydrogen-bond acceptors (Lipinski definition) is 9. The molecule has 0 fully saturated rings. The largest absolute Gasteiger partial charge is 0.492 e. The molecule has 0 radical (unpaired) electrons. The van der Waals surface area contributed by atoms with Crippen LogP contribution in [0.4, 0.5) is 11.4 Å². The molecule has 2 heterocycles. The Morgan fingerprint density at radius 3 is 2.40 bits per heavy atom. The first-order chi connectivity index (χ1) is 21.1. The predicted molar refractivity (Wildman–Crippen MR) is 178 cm³/mol. The van der Waals surface area contributed by atoms with Gasteiger partial charge in [0.05, 0.1) is 36.8 Å². The van der Waals surface area contributed by atoms with Crippen LogP contribution in [0.2, 0.25) is 0 Å². The van der Waals surface area contributed by atoms with Crippen molar-refractivity contribution in [1.29, 1.82) is 0 Å². The number of aromatic nitrogens is 3. The van der Waals surface area contributed by atoms with Gasteiger partial charge in [-0.25, -0.2) is 13.4 Å². The third-order valence-electron chi connectivity index (χ3n) is 7.19. The maximum atomic E-state index is 13.7. The molecule has 0 atom stereocenters. The summed E-state index contributed by atoms with van der Waals surface area (Å²) in [7, 11) is 5.70. The standard InChI is InChI=1S/C32H43N7O5S/c1-32(2,3)22-18-23(30(43-8)24(19-22)36-45(9,41)42)34-31(40)25-17-21-11-10-12-26(29(21)39(25)7)44-28-13-14-33-27(35-28)20-38(6)16-15-37(4)5/h10-14,17-19,36H,15-16,20H2,1-9H3,(H,34,40). The smallest absolute Gasteiger partial charge is 0.272 e. The fraction of sp³-hybridized carbons (Fsp3) is 0.406. The number of para-hydroxylation sites is 1. The number of hydrogen-bond donors (Lipinski definition) is 2. The van der Waals surface area contributed by atoms with Gasteiger partial charge in [0.15, 0.2) is 11.5 Å². The van der Waals surface area contributed by atoms with Crippen molar-refractivity contribution in [2.24, 2.45) is 7.05 Å². The molecular formula is C32H43N7O5S. The first-order valence-electron chi connectivity index (χ1n) is 14.5. The van der Waals surface area contributed by atoms with Gasteiger partial charge in [-0.05, 0) is 56.4 Å². The van der Waals surface area contributed by atoms with E-state index >= 15 is 0 Å². The molecule has 1 amide bonds. The van der Waals surface area contributed by atoms with Crippen LogP contribution in [0.25, 0.3) is 10.9 Å². The van der Waals surface area contributed by atoms with Crippen LogP contribution >= 0.6 is 0 Å². The Kier molecular flexibility index (Phi) is 10.1. The lowest BCUT2D eigenvalue weighted by Gasteiger charge is -2.24. The van der Waals surface area contributed by atoms with Gasteiger partial charge in [-0.15, -0.1) is 0 Å². The minimum Gasteiger partial charge on any atom is -0.492 e. The second-order valence-corrected chi connectivity index (χ2v) is 14.2. The highest BCUT2D eigenvalue weighted by Gasteiger charge is 2.24. The van der Waals surface area contributed by atoms with E-state index in [4.69, 9.17) is 9.47 Å². The zero-order valence-electron chi connectivity index (χ0n) is 27.4. The van der Waals surface area contributed by atoms with Crippen molar-refractivity contribution in [3.05, 3.63) is 65.7 Å². The molecule has 0 aliphatic rings. The zero-order chi connectivity index (χ0) is 33.1. The number of sulfonamides is 1. The predicted octanol–water partition coefficient (Wildman–Crippen LogP) is 4.68. The lowest BCUT2D eigenvalue weighted by Crippen LogP contribution is -2.28. The van der Waals surface area contributed by atoms with Crippen molar-refractivity contribution in [1.82, 2.24) is 24.3 Å². The van der Waals surface area contributed by atoms with Crippen molar-refractivity contribution in [3.63, 3.8) is 0 Å². The fourth-order valence-electron chi connectivity index (χ4n) is 4.83. The number of nitrogens with one attached hydrogen (secondary N) is 2. The van der Waals surface area contributed by atoms with Gasteiger partial charge in [-0.1, -0.05) is 32.9 Å². The number of benzene rings is 2. The van der Waals surface area contributed by atoms with E-state index in [1.54, 1.807) is 42.1 Å². The molecule has 0 unspecified atom stereocenters. The van der Waals surface area contributed by atoms with Crippen molar-refractivity contribution >= 4 is 38.2 Å². The molecule has 13 heteroatoms. The van der Waals surface area contributed by atoms with E-state index in [0.717, 1.165) is 30.3 Å². The van der Waals surface area contributed by atoms with E-state index in [9.17, 15) is 13.2 Å². The Morgan fingerprint density at radius 1 is 1.04 bits per heavy atom. The Balaban J connectivity index is 1.65. The van der Waals surface area contributed by atoms with Crippen LogP contribution in [0.5, 0.6) is 17.4 Å². The third-order valence-corrected chi connectivity index (χ3v) is 7.78. The molecule has 4 rings (SSSR count). The Labute approximate surface area is 265 Å². The number of methoxy groups -OCH3 is 1. The Morgan fingerprint density at radius 2 is 1.76 bits per heavy atom. The molecule has 2 aromatic heterocycles. The van der Waals surface area contributed by atoms with E-state index in [1.165, 1.54) is 7.11 Å². The number of likely N-dealkylation sites (N-methyl/N-ethyl adjacent to an activating group) is 2. The summed E-state index contributed by atoms with van der Waals surface area (Å²) in [4.78, 5) is 27.0. The van der Waals surface area contributed by atoms with E-state index in [1.807, 2.05) is 60.1 Å². The topological polar surface area (TPSA) is 131 Å². The maximum absolute atomic E-state index is 13.7. The van der Waals surface area contributed by atoms with Crippen LogP contribution in [0.15, 0.2) is 48.7 Å². The van der Waals surface area contributed by atoms with Crippen LogP contribution in [-0.2, 0) is 29.0 Å². The van der Waals surface area contributed by atoms with Gasteiger partial charge in [-0.3, -0.25) is 14.4 Å². The lowest BCUT2D eigenvalue weighted by atomic mass is 9.86. The third kappa shape index (κ3) is 8.50. The van der Waals surface area contributed by atoms with Gasteiger partial charge in [0.2, 0.25) is 15.9 Å². The van der Waals surface area contributed by atoms with E-state index in [-0.39, 0.29) is 16.9 Å². The monoisotopic (exact) mass is 637 g/mol. The summed E-state index contributed by atoms with van der Waals surface area (Å²) in [6.45, 7) is 8.37. The summed E-state index contributed by atoms with van der Waals surface area (Å²) in [5, 5.41) is 3.74. The average Bonchev–Trinajstić information content (AvgIpc) is 3.28. The zero-order valence-corrected chi connectivity index (χ0v) is 28.2. The number of aryl methyl sites for hydroxylation is 1. The number of amides is 1. The number of nitrogens with zero attached hydrogens (tertiary/aromatic N) is 5. The number of carbonyl (C=O) groups is 1. The SMILES string of the molecule is COc1c(NC(=O)c2cc3cccc(Oc4ccnc(CN(C)CCN(C)C)n4)c3n2C)cc(C(C)(C)C)cc1NS(C)(=O)=O. The minimum absolute atomic E-state index is 0.205. The quantitative estimate of drug-likeness (QED) is 0.227. The van der Waals surface area contributed by atoms with Crippen LogP contribution in [0.1, 0.15) is 42.6 Å². The number of ether oxygens (including phenoxy) is 2. The Hall–Kier alpha value is -4.20. The lowest BCUT2D eigenvalue weighted by molar-refractivity contribution is 0.101. The second kappa shape index (κ2) is 13.4. The van der Waals surface area contributed by atoms with Crippen LogP contribution in [0.3, 0.4) is 0 Å². The molecule has 45 heavy (non-hydrogen) atoms. The van der Waals surface area contributed by atoms with Gasteiger partial charge in [-0.2, -0.15) is 4.98 Å². The van der Waals surface area contributed by atoms with Crippen LogP contribution < -0.4 is 19.5 Å². The molecule has 2 aromatic carbocycles. The van der Waals surface area contributed by atoms with Crippen molar-refractivity contribution in [3.8, 4) is 17.4 Å². The molecule has 0 aliphatic heterocycles. The molecule has 12 nitrogen and oxygen atoms in total. The highest BCUT2D eigenvalue weighted by molar-refractivity contribution is 7.92. The van der Waals surface area contributed by atoms with Gasteiger partial charge in [0.1, 0.15) is 11.5 Å². The summed E-state index contributed by atoms with van der Waals surface area (Å²) in [5.74, 6) is 1.38. The van der Waals surface area contributed by atoms with Crippen molar-refractivity contribution in [2.45, 2.75) is 32.7 Å². The number of rotatable bonds is 12. The van der Waals surface area contributed by atoms with Crippen LogP contribution in [-0.4, -0.2) is 86.3 Å². The summed E-state index contributed by atoms with van der Waals surface area (Å²) in [6, 6.07) is 12.6. The van der Waals surface area contributed by atoms with E-state index in [2.05, 4.69) is 29.8 Å². The van der Waals surface area contributed by atoms with Gasteiger partial charge in [0, 0.05) is 37.8 Å². The summed E-state index contributed by atoms with van der Waals surface area (Å²) < 4.78 is 40.3. The molecule has 0 saturated heterocycles. The van der Waals surface area contributed by atoms with Crippen LogP contribution in [0, 0.1) is 0 Å². The summed E-state index contributed by atoms with van der Waals surface area (Å²) in [5.41, 5.74) is 2.13. The average molecular weight is 638 g/mol. The Bertz CT molecular complexity index is 1800. The maximum Gasteiger partial charge on any atom is 0.272 e. The van der Waals surface area contributed by atoms with E-state index in [0.29, 0.717) is 40.9 Å². The van der Waals surface area contributed by atoms with Gasteiger partial charge < -0.3 is 24.3 Å². The molecular weight excluding hydrogens is 594 g/mol. The molecule has 0 spiro atoms. The fourth-order valence-corrected chi connectivity index (χ4v) is 5.38. The molecule has 4 aromatic rings. The first-order valence-corrected chi connectivity index (χ1v) is 16.4. The molecule has 242 valence electrons. The molecule has 0 bridgehead atoms. The van der Waals surface area contributed by atoms with E-state index < -0.39 is 15.9 Å². The van der Waals surface area contributed by atoms with Gasteiger partial charge in [0.25, 0.3) is 5.91 Å². The molecule has 0 saturated carbocycles. The normalized spacial score (nSPS) is 12.2. The van der Waals surface area contributed by atoms with Gasteiger partial charge >= 0.3 is 0 Å². The summed E-state index contributed by atoms with van der Waals surface area (Å²) in [6.07, 6.45) is 2.74. The molecule has 2 N–H and O–H groups in total. The number of anilines is 2. The number of fused-ring (bicyclic) bond motifs is 1. The second-order valence-electron chi connectivity index (χ2n) is 12.4. The first kappa shape index (κ1) is 33.7. The van der Waals surface area contributed by atoms with Crippen molar-refractivity contribution < 1.29 is 22.7 Å².